The zero-order chi connectivity index (χ0) is 12.3. The summed E-state index contributed by atoms with van der Waals surface area (Å²) in [5.74, 6) is 0. The number of aliphatic hydroxyl groups excluding tert-OH is 4. The summed E-state index contributed by atoms with van der Waals surface area (Å²) in [5.41, 5.74) is 0.733. The smallest absolute Gasteiger partial charge is 0.187 e. The highest BCUT2D eigenvalue weighted by Gasteiger charge is 2.43. The molecule has 0 aromatic carbocycles. The summed E-state index contributed by atoms with van der Waals surface area (Å²) in [6, 6.07) is 0. The lowest BCUT2D eigenvalue weighted by Crippen LogP contribution is -2.59. The first-order chi connectivity index (χ1) is 7.47. The molecule has 5 atom stereocenters. The van der Waals surface area contributed by atoms with Gasteiger partial charge in [0.25, 0.3) is 0 Å². The fourth-order valence-electron chi connectivity index (χ4n) is 1.43. The minimum Gasteiger partial charge on any atom is -0.394 e. The summed E-state index contributed by atoms with van der Waals surface area (Å²) < 4.78 is 10.3. The summed E-state index contributed by atoms with van der Waals surface area (Å²) >= 11 is 0. The Morgan fingerprint density at radius 3 is 2.38 bits per heavy atom. The van der Waals surface area contributed by atoms with E-state index < -0.39 is 37.3 Å². The van der Waals surface area contributed by atoms with E-state index in [4.69, 9.17) is 14.6 Å². The fourth-order valence-corrected chi connectivity index (χ4v) is 1.43. The Hall–Kier alpha value is -0.500. The van der Waals surface area contributed by atoms with Crippen LogP contribution in [0.4, 0.5) is 0 Å². The Balaban J connectivity index is 2.60. The summed E-state index contributed by atoms with van der Waals surface area (Å²) in [6.45, 7) is 5.06. The largest absolute Gasteiger partial charge is 0.394 e. The van der Waals surface area contributed by atoms with Gasteiger partial charge in [0.05, 0.1) is 13.2 Å². The average molecular weight is 234 g/mol. The van der Waals surface area contributed by atoms with Gasteiger partial charge < -0.3 is 29.9 Å². The molecule has 4 unspecified atom stereocenters. The van der Waals surface area contributed by atoms with Crippen molar-refractivity contribution in [1.29, 1.82) is 0 Å². The van der Waals surface area contributed by atoms with E-state index >= 15 is 0 Å². The Kier molecular flexibility index (Phi) is 4.85. The summed E-state index contributed by atoms with van der Waals surface area (Å²) in [4.78, 5) is 0. The van der Waals surface area contributed by atoms with Crippen LogP contribution in [0.25, 0.3) is 0 Å². The minimum atomic E-state index is -1.40. The molecule has 1 rings (SSSR count). The zero-order valence-corrected chi connectivity index (χ0v) is 9.11. The van der Waals surface area contributed by atoms with Crippen LogP contribution < -0.4 is 0 Å². The van der Waals surface area contributed by atoms with Crippen molar-refractivity contribution in [3.63, 3.8) is 0 Å². The molecule has 0 bridgehead atoms. The number of rotatable bonds is 4. The molecule has 16 heavy (non-hydrogen) atoms. The lowest BCUT2D eigenvalue weighted by atomic mass is 9.99. The Morgan fingerprint density at radius 1 is 1.25 bits per heavy atom. The van der Waals surface area contributed by atoms with Crippen molar-refractivity contribution < 1.29 is 29.9 Å². The third-order valence-corrected chi connectivity index (χ3v) is 2.34. The lowest BCUT2D eigenvalue weighted by molar-refractivity contribution is -0.299. The fraction of sp³-hybridized carbons (Fsp3) is 0.800. The van der Waals surface area contributed by atoms with Crippen molar-refractivity contribution in [1.82, 2.24) is 0 Å². The maximum atomic E-state index is 9.56. The predicted octanol–water partition coefficient (Wildman–Crippen LogP) is -1.62. The molecule has 1 aliphatic rings. The molecule has 0 radical (unpaired) electrons. The van der Waals surface area contributed by atoms with E-state index in [0.29, 0.717) is 0 Å². The molecule has 6 heteroatoms. The molecule has 0 aromatic heterocycles. The summed E-state index contributed by atoms with van der Waals surface area (Å²) in [7, 11) is 0. The van der Waals surface area contributed by atoms with Gasteiger partial charge in [-0.25, -0.2) is 0 Å². The van der Waals surface area contributed by atoms with Crippen LogP contribution in [0.2, 0.25) is 0 Å². The van der Waals surface area contributed by atoms with Gasteiger partial charge in [-0.2, -0.15) is 0 Å². The molecule has 1 aliphatic heterocycles. The van der Waals surface area contributed by atoms with Gasteiger partial charge in [0.2, 0.25) is 0 Å². The third-order valence-electron chi connectivity index (χ3n) is 2.34. The van der Waals surface area contributed by atoms with Crippen molar-refractivity contribution in [2.45, 2.75) is 37.6 Å². The molecular weight excluding hydrogens is 216 g/mol. The first kappa shape index (κ1) is 13.6. The molecule has 0 aromatic rings. The molecule has 0 amide bonds. The predicted molar refractivity (Wildman–Crippen MR) is 54.5 cm³/mol. The summed E-state index contributed by atoms with van der Waals surface area (Å²) in [6.07, 6.45) is -6.12. The second-order valence-electron chi connectivity index (χ2n) is 3.97. The molecule has 0 aliphatic carbocycles. The second kappa shape index (κ2) is 5.72. The van der Waals surface area contributed by atoms with Crippen LogP contribution in [0, 0.1) is 0 Å². The highest BCUT2D eigenvalue weighted by molar-refractivity contribution is 4.91. The van der Waals surface area contributed by atoms with Crippen LogP contribution in [0.5, 0.6) is 0 Å². The topological polar surface area (TPSA) is 99.4 Å². The van der Waals surface area contributed by atoms with Crippen LogP contribution in [-0.4, -0.2) is 64.3 Å². The number of hydrogen-bond acceptors (Lipinski definition) is 6. The van der Waals surface area contributed by atoms with Gasteiger partial charge in [-0.05, 0) is 6.92 Å². The second-order valence-corrected chi connectivity index (χ2v) is 3.97. The van der Waals surface area contributed by atoms with Gasteiger partial charge >= 0.3 is 0 Å². The average Bonchev–Trinajstić information content (AvgIpc) is 2.25. The van der Waals surface area contributed by atoms with Gasteiger partial charge in [-0.15, -0.1) is 0 Å². The normalized spacial score (nSPS) is 39.7. The van der Waals surface area contributed by atoms with E-state index in [1.807, 2.05) is 0 Å². The number of aliphatic hydroxyl groups is 4. The van der Waals surface area contributed by atoms with Crippen LogP contribution in [0.15, 0.2) is 12.2 Å². The van der Waals surface area contributed by atoms with Gasteiger partial charge in [0.1, 0.15) is 24.4 Å². The van der Waals surface area contributed by atoms with Gasteiger partial charge in [-0.1, -0.05) is 12.2 Å². The van der Waals surface area contributed by atoms with E-state index in [2.05, 4.69) is 6.58 Å². The third kappa shape index (κ3) is 3.00. The highest BCUT2D eigenvalue weighted by atomic mass is 16.7. The molecule has 94 valence electrons. The lowest BCUT2D eigenvalue weighted by Gasteiger charge is -2.39. The first-order valence-electron chi connectivity index (χ1n) is 5.04. The molecule has 1 fully saturated rings. The van der Waals surface area contributed by atoms with E-state index in [1.165, 1.54) is 0 Å². The van der Waals surface area contributed by atoms with Crippen molar-refractivity contribution in [3.8, 4) is 0 Å². The summed E-state index contributed by atoms with van der Waals surface area (Å²) in [5, 5.41) is 37.4. The first-order valence-corrected chi connectivity index (χ1v) is 5.04. The van der Waals surface area contributed by atoms with E-state index in [0.717, 1.165) is 5.57 Å². The standard InChI is InChI=1S/C10H18O6/c1-5(2)4-15-10-9(14)8(13)7(12)6(3-11)16-10/h6-14H,1,3-4H2,2H3/t6?,7-,8?,9?,10?/m0/s1. The van der Waals surface area contributed by atoms with Crippen LogP contribution in [0.1, 0.15) is 6.92 Å². The Bertz CT molecular complexity index is 241. The molecule has 1 heterocycles. The number of hydrogen-bond donors (Lipinski definition) is 4. The number of ether oxygens (including phenoxy) is 2. The quantitative estimate of drug-likeness (QED) is 0.436. The Labute approximate surface area is 93.7 Å². The van der Waals surface area contributed by atoms with Crippen LogP contribution in [-0.2, 0) is 9.47 Å². The van der Waals surface area contributed by atoms with Crippen molar-refractivity contribution in [3.05, 3.63) is 12.2 Å². The van der Waals surface area contributed by atoms with Gasteiger partial charge in [0.15, 0.2) is 6.29 Å². The van der Waals surface area contributed by atoms with E-state index in [1.54, 1.807) is 6.92 Å². The maximum absolute atomic E-state index is 9.56. The van der Waals surface area contributed by atoms with Gasteiger partial charge in [0, 0.05) is 0 Å². The van der Waals surface area contributed by atoms with Crippen LogP contribution >= 0.6 is 0 Å². The maximum Gasteiger partial charge on any atom is 0.187 e. The van der Waals surface area contributed by atoms with E-state index in [9.17, 15) is 15.3 Å². The molecule has 0 spiro atoms. The van der Waals surface area contributed by atoms with Crippen molar-refractivity contribution in [2.24, 2.45) is 0 Å². The minimum absolute atomic E-state index is 0.169. The Morgan fingerprint density at radius 2 is 1.88 bits per heavy atom. The molecule has 4 N–H and O–H groups in total. The molecular formula is C10H18O6. The van der Waals surface area contributed by atoms with Crippen molar-refractivity contribution >= 4 is 0 Å². The molecule has 0 saturated carbocycles. The van der Waals surface area contributed by atoms with Crippen molar-refractivity contribution in [2.75, 3.05) is 13.2 Å². The SMILES string of the molecule is C=C(C)COC1OC(CO)[C@H](O)C(O)C1O. The highest BCUT2D eigenvalue weighted by Crippen LogP contribution is 2.22. The van der Waals surface area contributed by atoms with Crippen LogP contribution in [0.3, 0.4) is 0 Å². The monoisotopic (exact) mass is 234 g/mol. The van der Waals surface area contributed by atoms with E-state index in [-0.39, 0.29) is 6.61 Å². The molecule has 6 nitrogen and oxygen atoms in total. The zero-order valence-electron chi connectivity index (χ0n) is 9.11. The van der Waals surface area contributed by atoms with Gasteiger partial charge in [-0.3, -0.25) is 0 Å². The molecule has 1 saturated heterocycles.